The number of ether oxygens (including phenoxy) is 1. The van der Waals surface area contributed by atoms with Crippen LogP contribution < -0.4 is 10.6 Å². The minimum Gasteiger partial charge on any atom is -0.467 e. The van der Waals surface area contributed by atoms with Crippen LogP contribution in [0.5, 0.6) is 0 Å². The molecule has 1 fully saturated rings. The smallest absolute Gasteiger partial charge is 0.328 e. The molecule has 2 N–H and O–H groups in total. The van der Waals surface area contributed by atoms with Crippen molar-refractivity contribution < 1.29 is 23.9 Å². The van der Waals surface area contributed by atoms with E-state index in [-0.39, 0.29) is 5.92 Å². The third kappa shape index (κ3) is 4.98. The van der Waals surface area contributed by atoms with Crippen LogP contribution in [0.25, 0.3) is 0 Å². The molecule has 1 saturated heterocycles. The highest BCUT2D eigenvalue weighted by Crippen LogP contribution is 2.29. The molecule has 30 heavy (non-hydrogen) atoms. The first-order chi connectivity index (χ1) is 14.0. The maximum Gasteiger partial charge on any atom is 0.328 e. The van der Waals surface area contributed by atoms with Crippen LogP contribution in [0, 0.1) is 5.92 Å². The summed E-state index contributed by atoms with van der Waals surface area (Å²) < 4.78 is 4.73. The molecule has 0 saturated carbocycles. The minimum atomic E-state index is -1.26. The number of hydrogen-bond acceptors (Lipinski definition) is 5. The maximum atomic E-state index is 13.0. The van der Waals surface area contributed by atoms with E-state index in [0.29, 0.717) is 17.9 Å². The van der Waals surface area contributed by atoms with Crippen molar-refractivity contribution in [2.75, 3.05) is 13.7 Å². The summed E-state index contributed by atoms with van der Waals surface area (Å²) in [6, 6.07) is 5.99. The second-order valence-electron chi connectivity index (χ2n) is 8.50. The zero-order valence-electron chi connectivity index (χ0n) is 18.4. The summed E-state index contributed by atoms with van der Waals surface area (Å²) in [4.78, 5) is 50.7. The number of carbonyl (C=O) groups excluding carboxylic acids is 4. The first-order valence-electron chi connectivity index (χ1n) is 10.1. The molecule has 8 nitrogen and oxygen atoms in total. The predicted molar refractivity (Wildman–Crippen MR) is 112 cm³/mol. The van der Waals surface area contributed by atoms with Gasteiger partial charge in [-0.2, -0.15) is 0 Å². The number of imide groups is 1. The van der Waals surface area contributed by atoms with E-state index in [9.17, 15) is 19.2 Å². The van der Waals surface area contributed by atoms with Gasteiger partial charge in [0.25, 0.3) is 5.91 Å². The molecule has 0 unspecified atom stereocenters. The molecule has 0 aromatic heterocycles. The van der Waals surface area contributed by atoms with Gasteiger partial charge in [0.05, 0.1) is 7.11 Å². The van der Waals surface area contributed by atoms with Crippen LogP contribution in [0.15, 0.2) is 24.3 Å². The van der Waals surface area contributed by atoms with Gasteiger partial charge in [-0.05, 0) is 36.3 Å². The molecule has 2 atom stereocenters. The van der Waals surface area contributed by atoms with Crippen molar-refractivity contribution in [3.63, 3.8) is 0 Å². The first kappa shape index (κ1) is 23.4. The Morgan fingerprint density at radius 1 is 1.13 bits per heavy atom. The van der Waals surface area contributed by atoms with Crippen molar-refractivity contribution in [3.05, 3.63) is 35.4 Å². The predicted octanol–water partition coefficient (Wildman–Crippen LogP) is 2.28. The van der Waals surface area contributed by atoms with E-state index in [1.165, 1.54) is 7.11 Å². The lowest BCUT2D eigenvalue weighted by molar-refractivity contribution is -0.145. The fourth-order valence-corrected chi connectivity index (χ4v) is 3.45. The molecule has 1 heterocycles. The Morgan fingerprint density at radius 3 is 2.23 bits per heavy atom. The monoisotopic (exact) mass is 417 g/mol. The summed E-state index contributed by atoms with van der Waals surface area (Å²) in [5, 5.41) is 5.25. The number of urea groups is 1. The molecule has 0 spiro atoms. The number of esters is 1. The van der Waals surface area contributed by atoms with Crippen LogP contribution in [-0.2, 0) is 24.7 Å². The number of methoxy groups -OCH3 is 1. The normalized spacial score (nSPS) is 19.8. The van der Waals surface area contributed by atoms with Gasteiger partial charge in [-0.25, -0.2) is 9.59 Å². The Balaban J connectivity index is 2.13. The number of rotatable bonds is 8. The number of hydrogen-bond donors (Lipinski definition) is 2. The van der Waals surface area contributed by atoms with E-state index in [1.54, 1.807) is 6.92 Å². The van der Waals surface area contributed by atoms with Gasteiger partial charge in [-0.15, -0.1) is 0 Å². The van der Waals surface area contributed by atoms with Crippen molar-refractivity contribution in [1.82, 2.24) is 15.5 Å². The SMILES string of the molecule is COC(=O)[C@@H](CC(C)C)NC(=O)CN1C(=O)N[C@@](C)(c2ccc(C(C)C)cc2)C1=O. The molecule has 1 aromatic carbocycles. The molecule has 4 amide bonds. The van der Waals surface area contributed by atoms with Crippen LogP contribution >= 0.6 is 0 Å². The van der Waals surface area contributed by atoms with Crippen LogP contribution in [0.1, 0.15) is 58.1 Å². The zero-order chi connectivity index (χ0) is 22.6. The number of carbonyl (C=O) groups is 4. The topological polar surface area (TPSA) is 105 Å². The second kappa shape index (κ2) is 9.28. The van der Waals surface area contributed by atoms with E-state index < -0.39 is 41.9 Å². The van der Waals surface area contributed by atoms with Gasteiger partial charge in [0.15, 0.2) is 0 Å². The van der Waals surface area contributed by atoms with Crippen molar-refractivity contribution >= 4 is 23.8 Å². The van der Waals surface area contributed by atoms with Gasteiger partial charge in [0, 0.05) is 0 Å². The van der Waals surface area contributed by atoms with Crippen molar-refractivity contribution in [2.24, 2.45) is 5.92 Å². The Bertz CT molecular complexity index is 819. The lowest BCUT2D eigenvalue weighted by Gasteiger charge is -2.23. The number of amides is 4. The van der Waals surface area contributed by atoms with Crippen molar-refractivity contribution in [1.29, 1.82) is 0 Å². The molecule has 0 bridgehead atoms. The van der Waals surface area contributed by atoms with E-state index in [4.69, 9.17) is 4.74 Å². The summed E-state index contributed by atoms with van der Waals surface area (Å²) in [5.74, 6) is -1.20. The van der Waals surface area contributed by atoms with Crippen LogP contribution in [0.4, 0.5) is 4.79 Å². The highest BCUT2D eigenvalue weighted by molar-refractivity contribution is 6.09. The van der Waals surface area contributed by atoms with Gasteiger partial charge >= 0.3 is 12.0 Å². The van der Waals surface area contributed by atoms with E-state index in [1.807, 2.05) is 38.1 Å². The largest absolute Gasteiger partial charge is 0.467 e. The maximum absolute atomic E-state index is 13.0. The third-order valence-corrected chi connectivity index (χ3v) is 5.26. The average molecular weight is 418 g/mol. The van der Waals surface area contributed by atoms with Crippen LogP contribution in [-0.4, -0.2) is 48.4 Å². The van der Waals surface area contributed by atoms with Crippen LogP contribution in [0.3, 0.4) is 0 Å². The van der Waals surface area contributed by atoms with Crippen molar-refractivity contribution in [2.45, 2.75) is 58.5 Å². The highest BCUT2D eigenvalue weighted by Gasteiger charge is 2.49. The highest BCUT2D eigenvalue weighted by atomic mass is 16.5. The Morgan fingerprint density at radius 2 is 1.73 bits per heavy atom. The van der Waals surface area contributed by atoms with Gasteiger partial charge in [0.2, 0.25) is 5.91 Å². The molecule has 1 aromatic rings. The molecule has 8 heteroatoms. The molecule has 0 aliphatic carbocycles. The average Bonchev–Trinajstić information content (AvgIpc) is 2.90. The van der Waals surface area contributed by atoms with Gasteiger partial charge in [0.1, 0.15) is 18.1 Å². The lowest BCUT2D eigenvalue weighted by atomic mass is 9.90. The van der Waals surface area contributed by atoms with Gasteiger partial charge in [-0.3, -0.25) is 14.5 Å². The fourth-order valence-electron chi connectivity index (χ4n) is 3.45. The summed E-state index contributed by atoms with van der Waals surface area (Å²) in [6.45, 7) is 9.10. The standard InChI is InChI=1S/C22H31N3O5/c1-13(2)11-17(19(27)30-6)23-18(26)12-25-20(28)22(5,24-21(25)29)16-9-7-15(8-10-16)14(3)4/h7-10,13-14,17H,11-12H2,1-6H3,(H,23,26)(H,24,29)/t17-,22+/m1/s1. The van der Waals surface area contributed by atoms with Crippen LogP contribution in [0.2, 0.25) is 0 Å². The Hall–Kier alpha value is -2.90. The number of nitrogens with one attached hydrogen (secondary N) is 2. The van der Waals surface area contributed by atoms with Crippen molar-refractivity contribution in [3.8, 4) is 0 Å². The Kier molecular flexibility index (Phi) is 7.23. The summed E-state index contributed by atoms with van der Waals surface area (Å²) >= 11 is 0. The number of nitrogens with zero attached hydrogens (tertiary/aromatic N) is 1. The quantitative estimate of drug-likeness (QED) is 0.499. The Labute approximate surface area is 177 Å². The lowest BCUT2D eigenvalue weighted by Crippen LogP contribution is -2.48. The summed E-state index contributed by atoms with van der Waals surface area (Å²) in [6.07, 6.45) is 0.387. The first-order valence-corrected chi connectivity index (χ1v) is 10.1. The molecule has 0 radical (unpaired) electrons. The minimum absolute atomic E-state index is 0.142. The van der Waals surface area contributed by atoms with E-state index in [0.717, 1.165) is 10.5 Å². The third-order valence-electron chi connectivity index (χ3n) is 5.26. The second-order valence-corrected chi connectivity index (χ2v) is 8.50. The summed E-state index contributed by atoms with van der Waals surface area (Å²) in [7, 11) is 1.25. The summed E-state index contributed by atoms with van der Waals surface area (Å²) in [5.41, 5.74) is 0.502. The molecular weight excluding hydrogens is 386 g/mol. The zero-order valence-corrected chi connectivity index (χ0v) is 18.4. The van der Waals surface area contributed by atoms with E-state index >= 15 is 0 Å². The number of benzene rings is 1. The molecule has 1 aliphatic rings. The van der Waals surface area contributed by atoms with Gasteiger partial charge in [-0.1, -0.05) is 52.0 Å². The van der Waals surface area contributed by atoms with Gasteiger partial charge < -0.3 is 15.4 Å². The molecule has 1 aliphatic heterocycles. The molecule has 164 valence electrons. The molecular formula is C22H31N3O5. The fraction of sp³-hybridized carbons (Fsp3) is 0.545. The van der Waals surface area contributed by atoms with E-state index in [2.05, 4.69) is 24.5 Å². The molecule has 2 rings (SSSR count).